The van der Waals surface area contributed by atoms with Gasteiger partial charge in [-0.15, -0.1) is 0 Å². The van der Waals surface area contributed by atoms with E-state index in [0.29, 0.717) is 23.0 Å². The minimum atomic E-state index is -1.87. The summed E-state index contributed by atoms with van der Waals surface area (Å²) in [5.74, 6) is -0.443. The molecule has 0 radical (unpaired) electrons. The Morgan fingerprint density at radius 2 is 1.00 bits per heavy atom. The van der Waals surface area contributed by atoms with Crippen LogP contribution in [0.25, 0.3) is 0 Å². The Labute approximate surface area is 219 Å². The minimum Gasteiger partial charge on any atom is -0.478 e. The van der Waals surface area contributed by atoms with Crippen LogP contribution in [0, 0.1) is 11.8 Å². The van der Waals surface area contributed by atoms with E-state index in [4.69, 9.17) is 19.1 Å². The zero-order valence-corrected chi connectivity index (χ0v) is 25.3. The molecule has 0 unspecified atom stereocenters. The van der Waals surface area contributed by atoms with E-state index < -0.39 is 30.5 Å². The summed E-state index contributed by atoms with van der Waals surface area (Å²) in [6.45, 7) is 8.89. The fourth-order valence-electron chi connectivity index (χ4n) is 3.02. The summed E-state index contributed by atoms with van der Waals surface area (Å²) < 4.78 is 20.5. The van der Waals surface area contributed by atoms with Crippen LogP contribution in [-0.2, 0) is 17.7 Å². The van der Waals surface area contributed by atoms with Gasteiger partial charge in [-0.1, -0.05) is 64.1 Å². The Hall–Kier alpha value is -2.35. The summed E-state index contributed by atoms with van der Waals surface area (Å²) in [5, 5.41) is 16.8. The molecule has 2 N–H and O–H groups in total. The monoisotopic (exact) mass is 540 g/mol. The molecule has 8 nitrogen and oxygen atoms in total. The molecule has 10 heteroatoms. The van der Waals surface area contributed by atoms with Gasteiger partial charge in [0.1, 0.15) is 0 Å². The third-order valence-corrected chi connectivity index (χ3v) is 9.30. The van der Waals surface area contributed by atoms with Crippen molar-refractivity contribution in [2.75, 3.05) is 28.4 Å². The van der Waals surface area contributed by atoms with Gasteiger partial charge in [-0.05, 0) is 48.2 Å². The van der Waals surface area contributed by atoms with E-state index in [2.05, 4.69) is 36.5 Å². The summed E-state index contributed by atoms with van der Waals surface area (Å²) in [6, 6.07) is 18.8. The van der Waals surface area contributed by atoms with Crippen LogP contribution >= 0.6 is 0 Å². The molecule has 0 fully saturated rings. The second kappa shape index (κ2) is 21.9. The van der Waals surface area contributed by atoms with Crippen molar-refractivity contribution >= 4 is 30.5 Å². The molecule has 0 amide bonds. The number of benzene rings is 2. The van der Waals surface area contributed by atoms with Crippen molar-refractivity contribution < 1.29 is 37.5 Å². The van der Waals surface area contributed by atoms with E-state index in [1.807, 2.05) is 0 Å². The molecule has 0 aliphatic heterocycles. The number of carboxylic acid groups (broad SMARTS) is 2. The lowest BCUT2D eigenvalue weighted by Crippen LogP contribution is -2.42. The smallest absolute Gasteiger partial charge is 0.338 e. The maximum absolute atomic E-state index is 10.2. The van der Waals surface area contributed by atoms with Crippen LogP contribution in [0.15, 0.2) is 60.7 Å². The fourth-order valence-corrected chi connectivity index (χ4v) is 6.75. The molecule has 0 aliphatic carbocycles. The van der Waals surface area contributed by atoms with Crippen molar-refractivity contribution in [2.45, 2.75) is 39.8 Å². The quantitative estimate of drug-likeness (QED) is 0.401. The van der Waals surface area contributed by atoms with Gasteiger partial charge in [0.15, 0.2) is 0 Å². The molecule has 0 bridgehead atoms. The fraction of sp³-hybridized carbons (Fsp3) is 0.462. The van der Waals surface area contributed by atoms with Crippen molar-refractivity contribution in [3.05, 3.63) is 71.8 Å². The van der Waals surface area contributed by atoms with E-state index in [0.717, 1.165) is 12.1 Å². The first-order chi connectivity index (χ1) is 17.0. The first-order valence-corrected chi connectivity index (χ1v) is 15.0. The third kappa shape index (κ3) is 18.9. The number of carbonyl (C=O) groups is 2. The molecule has 0 aliphatic rings. The molecule has 0 saturated carbocycles. The normalized spacial score (nSPS) is 10.3. The van der Waals surface area contributed by atoms with Crippen molar-refractivity contribution in [3.8, 4) is 0 Å². The maximum atomic E-state index is 10.2. The molecule has 0 spiro atoms. The predicted molar refractivity (Wildman–Crippen MR) is 148 cm³/mol. The summed E-state index contributed by atoms with van der Waals surface area (Å²) in [7, 11) is 4.44. The molecule has 2 rings (SSSR count). The molecule has 0 atom stereocenters. The van der Waals surface area contributed by atoms with Gasteiger partial charge < -0.3 is 27.9 Å². The lowest BCUT2D eigenvalue weighted by Gasteiger charge is -2.30. The molecule has 2 aromatic rings. The van der Waals surface area contributed by atoms with Crippen molar-refractivity contribution in [1.82, 2.24) is 0 Å². The van der Waals surface area contributed by atoms with Crippen LogP contribution in [0.3, 0.4) is 0 Å². The van der Waals surface area contributed by atoms with E-state index in [1.54, 1.807) is 89.1 Å². The number of aromatic carboxylic acids is 2. The van der Waals surface area contributed by atoms with E-state index in [9.17, 15) is 9.59 Å². The van der Waals surface area contributed by atoms with Crippen molar-refractivity contribution in [1.29, 1.82) is 0 Å². The number of rotatable bonds is 10. The predicted octanol–water partition coefficient (Wildman–Crippen LogP) is 5.08. The average Bonchev–Trinajstić information content (AvgIpc) is 2.85. The Morgan fingerprint density at radius 1 is 0.694 bits per heavy atom. The van der Waals surface area contributed by atoms with Crippen LogP contribution in [0.1, 0.15) is 48.4 Å². The zero-order chi connectivity index (χ0) is 28.0. The lowest BCUT2D eigenvalue weighted by atomic mass is 10.2. The van der Waals surface area contributed by atoms with Crippen LogP contribution < -0.4 is 0 Å². The van der Waals surface area contributed by atoms with Gasteiger partial charge in [0.05, 0.1) is 11.1 Å². The van der Waals surface area contributed by atoms with E-state index in [1.165, 1.54) is 0 Å². The summed E-state index contributed by atoms with van der Waals surface area (Å²) in [6.07, 6.45) is 0. The SMILES string of the molecule is CO[SiH2]OC.CO[Si](CC(C)C)(CC(C)C)OC.O=C(O)c1ccccc1.O=C(O)c1ccccc1. The van der Waals surface area contributed by atoms with E-state index in [-0.39, 0.29) is 0 Å². The highest BCUT2D eigenvalue weighted by Gasteiger charge is 2.36. The van der Waals surface area contributed by atoms with Crippen molar-refractivity contribution in [3.63, 3.8) is 0 Å². The minimum absolute atomic E-state index is 0.331. The Bertz CT molecular complexity index is 735. The topological polar surface area (TPSA) is 112 Å². The van der Waals surface area contributed by atoms with Crippen molar-refractivity contribution in [2.24, 2.45) is 11.8 Å². The molecule has 0 aromatic heterocycles. The molecule has 2 aromatic carbocycles. The van der Waals surface area contributed by atoms with Gasteiger partial charge >= 0.3 is 30.5 Å². The standard InChI is InChI=1S/C10H24O2Si.2C7H6O2.C2H8O2Si/c1-9(2)7-13(11-5,12-6)8-10(3)4;2*8-7(9)6-4-2-1-3-5-6;1-3-5-4-2/h9-10H,7-8H2,1-6H3;2*1-5H,(H,8,9);5H2,1-2H3. The number of carboxylic acids is 2. The van der Waals surface area contributed by atoms with Gasteiger partial charge in [0.25, 0.3) is 0 Å². The maximum Gasteiger partial charge on any atom is 0.338 e. The first-order valence-electron chi connectivity index (χ1n) is 11.6. The van der Waals surface area contributed by atoms with Crippen LogP contribution in [0.5, 0.6) is 0 Å². The van der Waals surface area contributed by atoms with Crippen LogP contribution in [0.2, 0.25) is 12.1 Å². The molecule has 204 valence electrons. The molecule has 0 saturated heterocycles. The van der Waals surface area contributed by atoms with Gasteiger partial charge in [-0.25, -0.2) is 9.59 Å². The highest BCUT2D eigenvalue weighted by molar-refractivity contribution is 6.67. The van der Waals surface area contributed by atoms with Gasteiger partial charge in [0.2, 0.25) is 0 Å². The highest BCUT2D eigenvalue weighted by atomic mass is 28.4. The summed E-state index contributed by atoms with van der Waals surface area (Å²) >= 11 is 0. The highest BCUT2D eigenvalue weighted by Crippen LogP contribution is 2.26. The van der Waals surface area contributed by atoms with Gasteiger partial charge in [-0.2, -0.15) is 0 Å². The van der Waals surface area contributed by atoms with Gasteiger partial charge in [0, 0.05) is 28.4 Å². The molecule has 36 heavy (non-hydrogen) atoms. The Morgan fingerprint density at radius 3 is 1.14 bits per heavy atom. The number of hydrogen-bond acceptors (Lipinski definition) is 6. The first kappa shape index (κ1) is 35.8. The summed E-state index contributed by atoms with van der Waals surface area (Å²) in [5.41, 5.74) is 0.662. The Kier molecular flexibility index (Phi) is 21.8. The zero-order valence-electron chi connectivity index (χ0n) is 22.9. The number of hydrogen-bond donors (Lipinski definition) is 2. The van der Waals surface area contributed by atoms with Crippen LogP contribution in [0.4, 0.5) is 0 Å². The van der Waals surface area contributed by atoms with Gasteiger partial charge in [-0.3, -0.25) is 0 Å². The molecular weight excluding hydrogens is 496 g/mol. The largest absolute Gasteiger partial charge is 0.478 e. The van der Waals surface area contributed by atoms with E-state index >= 15 is 0 Å². The second-order valence-corrected chi connectivity index (χ2v) is 13.4. The van der Waals surface area contributed by atoms with Crippen LogP contribution in [-0.4, -0.2) is 69.2 Å². The lowest BCUT2D eigenvalue weighted by molar-refractivity contribution is 0.0686. The second-order valence-electron chi connectivity index (χ2n) is 8.55. The summed E-state index contributed by atoms with van der Waals surface area (Å²) in [4.78, 5) is 20.4. The average molecular weight is 541 g/mol. The third-order valence-electron chi connectivity index (χ3n) is 4.46. The molecular formula is C26H44O8Si2. The molecule has 0 heterocycles. The Balaban J connectivity index is 0.